The van der Waals surface area contributed by atoms with Gasteiger partial charge in [0.2, 0.25) is 0 Å². The third-order valence-electron chi connectivity index (χ3n) is 6.20. The molecule has 0 amide bonds. The minimum absolute atomic E-state index is 0.126. The number of hydrogen-bond acceptors (Lipinski definition) is 3. The number of ether oxygens (including phenoxy) is 2. The Morgan fingerprint density at radius 1 is 0.757 bits per heavy atom. The number of aromatic nitrogens is 1. The molecule has 0 unspecified atom stereocenters. The van der Waals surface area contributed by atoms with Gasteiger partial charge >= 0.3 is 6.61 Å². The lowest BCUT2D eigenvalue weighted by atomic mass is 9.97. The molecule has 0 saturated carbocycles. The fourth-order valence-corrected chi connectivity index (χ4v) is 4.22. The third-order valence-corrected chi connectivity index (χ3v) is 6.20. The van der Waals surface area contributed by atoms with E-state index in [4.69, 9.17) is 4.74 Å². The molecule has 0 aliphatic carbocycles. The molecule has 1 heterocycles. The van der Waals surface area contributed by atoms with Gasteiger partial charge in [-0.2, -0.15) is 8.78 Å². The molecule has 8 heteroatoms. The summed E-state index contributed by atoms with van der Waals surface area (Å²) < 4.78 is 76.7. The monoisotopic (exact) mass is 515 g/mol. The summed E-state index contributed by atoms with van der Waals surface area (Å²) in [5, 5.41) is 1.21. The van der Waals surface area contributed by atoms with Crippen LogP contribution in [0.15, 0.2) is 60.8 Å². The van der Waals surface area contributed by atoms with E-state index in [0.717, 1.165) is 53.6 Å². The first-order valence-corrected chi connectivity index (χ1v) is 11.9. The first-order valence-electron chi connectivity index (χ1n) is 11.9. The predicted octanol–water partition coefficient (Wildman–Crippen LogP) is 7.01. The summed E-state index contributed by atoms with van der Waals surface area (Å²) >= 11 is 0. The summed E-state index contributed by atoms with van der Waals surface area (Å²) in [4.78, 5) is 4.51. The van der Waals surface area contributed by atoms with Gasteiger partial charge in [-0.3, -0.25) is 4.98 Å². The molecule has 4 rings (SSSR count). The Morgan fingerprint density at radius 2 is 1.49 bits per heavy atom. The summed E-state index contributed by atoms with van der Waals surface area (Å²) in [6.45, 7) is -2.68. The van der Waals surface area contributed by atoms with Gasteiger partial charge < -0.3 is 9.47 Å². The van der Waals surface area contributed by atoms with Crippen LogP contribution in [0.2, 0.25) is 0 Å². The van der Waals surface area contributed by atoms with E-state index in [9.17, 15) is 17.6 Å². The van der Waals surface area contributed by atoms with Crippen LogP contribution in [-0.2, 0) is 36.8 Å². The maximum atomic E-state index is 15.2. The van der Waals surface area contributed by atoms with Gasteiger partial charge in [-0.25, -0.2) is 13.2 Å². The van der Waals surface area contributed by atoms with Crippen molar-refractivity contribution in [1.82, 2.24) is 4.98 Å². The molecule has 3 nitrogen and oxygen atoms in total. The lowest BCUT2D eigenvalue weighted by molar-refractivity contribution is -0.0546. The molecule has 0 radical (unpaired) electrons. The van der Waals surface area contributed by atoms with Crippen molar-refractivity contribution in [3.8, 4) is 5.75 Å². The van der Waals surface area contributed by atoms with Crippen LogP contribution >= 0.6 is 0 Å². The normalized spacial score (nSPS) is 11.4. The van der Waals surface area contributed by atoms with Crippen LogP contribution in [0.5, 0.6) is 5.75 Å². The first-order chi connectivity index (χ1) is 17.8. The van der Waals surface area contributed by atoms with Crippen molar-refractivity contribution >= 4 is 10.8 Å². The van der Waals surface area contributed by atoms with Crippen LogP contribution in [-0.4, -0.2) is 25.3 Å². The summed E-state index contributed by atoms with van der Waals surface area (Å²) in [7, 11) is 1.67. The molecule has 3 aromatic carbocycles. The quantitative estimate of drug-likeness (QED) is 0.201. The molecule has 4 aromatic rings. The zero-order valence-corrected chi connectivity index (χ0v) is 20.2. The zero-order chi connectivity index (χ0) is 26.4. The molecule has 0 fully saturated rings. The Balaban J connectivity index is 1.41. The second-order valence-electron chi connectivity index (χ2n) is 8.76. The molecule has 0 spiro atoms. The number of fused-ring (bicyclic) bond motifs is 1. The topological polar surface area (TPSA) is 31.4 Å². The largest absolute Gasteiger partial charge is 0.429 e. The number of hydrogen-bond donors (Lipinski definition) is 0. The van der Waals surface area contributed by atoms with E-state index >= 15 is 4.39 Å². The molecule has 0 N–H and O–H groups in total. The molecule has 194 valence electrons. The highest BCUT2D eigenvalue weighted by atomic mass is 19.3. The Bertz CT molecular complexity index is 1340. The Kier molecular flexibility index (Phi) is 8.71. The number of rotatable bonds is 11. The van der Waals surface area contributed by atoms with Crippen LogP contribution in [0, 0.1) is 17.5 Å². The number of pyridine rings is 1. The number of nitrogens with zero attached hydrogens (tertiary/aromatic N) is 1. The fourth-order valence-electron chi connectivity index (χ4n) is 4.22. The Hall–Kier alpha value is -3.52. The van der Waals surface area contributed by atoms with E-state index in [1.54, 1.807) is 19.2 Å². The lowest BCUT2D eigenvalue weighted by Gasteiger charge is -2.11. The van der Waals surface area contributed by atoms with Gasteiger partial charge in [-0.15, -0.1) is 0 Å². The van der Waals surface area contributed by atoms with Gasteiger partial charge in [0.05, 0.1) is 6.61 Å². The highest BCUT2D eigenvalue weighted by Crippen LogP contribution is 2.27. The standard InChI is InChI=1S/C29H26F5NO2/c1-36-13-12-19-4-10-23(35-17-19)9-3-18-5-11-24-22(14-18)8-7-21(27(24)32)6-2-20-15-25(30)28(26(31)16-20)37-29(33)34/h4-5,7-8,10-11,14-17,29H,2-3,6,9,12-13H2,1H3. The van der Waals surface area contributed by atoms with Crippen LogP contribution < -0.4 is 4.74 Å². The second kappa shape index (κ2) is 12.1. The number of methoxy groups -OCH3 is 1. The van der Waals surface area contributed by atoms with Gasteiger partial charge in [0.1, 0.15) is 5.82 Å². The van der Waals surface area contributed by atoms with Crippen molar-refractivity contribution in [3.05, 3.63) is 106 Å². The summed E-state index contributed by atoms with van der Waals surface area (Å²) in [5.74, 6) is -3.96. The smallest absolute Gasteiger partial charge is 0.387 e. The minimum atomic E-state index is -3.34. The number of aryl methyl sites for hydroxylation is 4. The molecule has 0 bridgehead atoms. The summed E-state index contributed by atoms with van der Waals surface area (Å²) in [6, 6.07) is 14.9. The van der Waals surface area contributed by atoms with E-state index in [0.29, 0.717) is 17.6 Å². The second-order valence-corrected chi connectivity index (χ2v) is 8.76. The van der Waals surface area contributed by atoms with Crippen LogP contribution in [0.1, 0.15) is 27.9 Å². The molecule has 0 aliphatic heterocycles. The highest BCUT2D eigenvalue weighted by molar-refractivity contribution is 5.84. The SMILES string of the molecule is COCCc1ccc(CCc2ccc3c(F)c(CCc4cc(F)c(OC(F)F)c(F)c4)ccc3c2)nc1. The van der Waals surface area contributed by atoms with Crippen LogP contribution in [0.4, 0.5) is 22.0 Å². The molecular weight excluding hydrogens is 489 g/mol. The van der Waals surface area contributed by atoms with E-state index in [2.05, 4.69) is 9.72 Å². The highest BCUT2D eigenvalue weighted by Gasteiger charge is 2.17. The molecular formula is C29H26F5NO2. The number of halogens is 5. The third kappa shape index (κ3) is 6.83. The van der Waals surface area contributed by atoms with Crippen molar-refractivity contribution in [2.24, 2.45) is 0 Å². The molecule has 37 heavy (non-hydrogen) atoms. The van der Waals surface area contributed by atoms with E-state index in [1.165, 1.54) is 0 Å². The number of benzene rings is 3. The maximum absolute atomic E-state index is 15.2. The Morgan fingerprint density at radius 3 is 2.16 bits per heavy atom. The summed E-state index contributed by atoms with van der Waals surface area (Å²) in [5.41, 5.74) is 3.76. The maximum Gasteiger partial charge on any atom is 0.387 e. The first kappa shape index (κ1) is 26.5. The molecule has 0 aliphatic rings. The van der Waals surface area contributed by atoms with E-state index in [1.807, 2.05) is 36.5 Å². The van der Waals surface area contributed by atoms with Gasteiger partial charge in [0.25, 0.3) is 0 Å². The molecule has 0 saturated heterocycles. The van der Waals surface area contributed by atoms with E-state index < -0.39 is 29.8 Å². The summed E-state index contributed by atoms with van der Waals surface area (Å²) in [6.07, 6.45) is 4.50. The van der Waals surface area contributed by atoms with E-state index in [-0.39, 0.29) is 18.4 Å². The van der Waals surface area contributed by atoms with Gasteiger partial charge in [-0.1, -0.05) is 36.4 Å². The molecule has 0 atom stereocenters. The predicted molar refractivity (Wildman–Crippen MR) is 132 cm³/mol. The van der Waals surface area contributed by atoms with Crippen LogP contribution in [0.25, 0.3) is 10.8 Å². The van der Waals surface area contributed by atoms with Crippen molar-refractivity contribution in [1.29, 1.82) is 0 Å². The van der Waals surface area contributed by atoms with Crippen molar-refractivity contribution < 1.29 is 31.4 Å². The average molecular weight is 516 g/mol. The van der Waals surface area contributed by atoms with Crippen molar-refractivity contribution in [2.75, 3.05) is 13.7 Å². The number of alkyl halides is 2. The Labute approximate surface area is 211 Å². The van der Waals surface area contributed by atoms with Gasteiger partial charge in [0, 0.05) is 24.4 Å². The van der Waals surface area contributed by atoms with Gasteiger partial charge in [0.15, 0.2) is 17.4 Å². The average Bonchev–Trinajstić information content (AvgIpc) is 2.88. The lowest BCUT2D eigenvalue weighted by Crippen LogP contribution is -2.06. The molecule has 1 aromatic heterocycles. The zero-order valence-electron chi connectivity index (χ0n) is 20.2. The van der Waals surface area contributed by atoms with Crippen molar-refractivity contribution in [2.45, 2.75) is 38.7 Å². The van der Waals surface area contributed by atoms with Crippen LogP contribution in [0.3, 0.4) is 0 Å². The fraction of sp³-hybridized carbons (Fsp3) is 0.276. The van der Waals surface area contributed by atoms with Crippen molar-refractivity contribution in [3.63, 3.8) is 0 Å². The van der Waals surface area contributed by atoms with Gasteiger partial charge in [-0.05, 0) is 77.9 Å². The minimum Gasteiger partial charge on any atom is -0.429 e.